The minimum Gasteiger partial charge on any atom is -0.205 e. The van der Waals surface area contributed by atoms with Crippen molar-refractivity contribution in [2.24, 2.45) is 5.10 Å². The lowest BCUT2D eigenvalue weighted by Gasteiger charge is -2.18. The van der Waals surface area contributed by atoms with E-state index in [0.717, 1.165) is 5.84 Å². The molecule has 0 N–H and O–H groups in total. The van der Waals surface area contributed by atoms with Crippen LogP contribution in [0.5, 0.6) is 0 Å². The van der Waals surface area contributed by atoms with Crippen LogP contribution in [0.2, 0.25) is 0 Å². The SMILES string of the molecule is CCN1N=C(C)[N+](C)(C)C1=O. The molecule has 62 valence electrons. The summed E-state index contributed by atoms with van der Waals surface area (Å²) in [6.07, 6.45) is 0. The lowest BCUT2D eigenvalue weighted by molar-refractivity contribution is -0.710. The fraction of sp³-hybridized carbons (Fsp3) is 0.714. The van der Waals surface area contributed by atoms with E-state index in [1.807, 2.05) is 27.9 Å². The molecule has 4 nitrogen and oxygen atoms in total. The Morgan fingerprint density at radius 1 is 1.55 bits per heavy atom. The number of hydrogen-bond donors (Lipinski definition) is 0. The quantitative estimate of drug-likeness (QED) is 0.518. The van der Waals surface area contributed by atoms with E-state index in [0.29, 0.717) is 6.54 Å². The van der Waals surface area contributed by atoms with Crippen molar-refractivity contribution < 1.29 is 9.28 Å². The maximum absolute atomic E-state index is 11.5. The van der Waals surface area contributed by atoms with Gasteiger partial charge in [-0.1, -0.05) is 0 Å². The highest BCUT2D eigenvalue weighted by Gasteiger charge is 2.41. The second kappa shape index (κ2) is 2.30. The Balaban J connectivity index is 2.93. The van der Waals surface area contributed by atoms with Crippen LogP contribution >= 0.6 is 0 Å². The van der Waals surface area contributed by atoms with Crippen LogP contribution < -0.4 is 0 Å². The molecule has 1 aliphatic rings. The summed E-state index contributed by atoms with van der Waals surface area (Å²) in [5.74, 6) is 0.844. The number of hydrogen-bond acceptors (Lipinski definition) is 2. The van der Waals surface area contributed by atoms with Gasteiger partial charge < -0.3 is 0 Å². The van der Waals surface area contributed by atoms with E-state index in [2.05, 4.69) is 5.10 Å². The highest BCUT2D eigenvalue weighted by molar-refractivity contribution is 5.89. The van der Waals surface area contributed by atoms with E-state index in [1.54, 1.807) is 0 Å². The molecule has 1 heterocycles. The Labute approximate surface area is 66.7 Å². The maximum atomic E-state index is 11.5. The summed E-state index contributed by atoms with van der Waals surface area (Å²) in [5, 5.41) is 5.61. The molecule has 0 aromatic heterocycles. The van der Waals surface area contributed by atoms with Gasteiger partial charge in [-0.05, 0) is 6.92 Å². The zero-order chi connectivity index (χ0) is 8.65. The molecule has 1 rings (SSSR count). The third-order valence-corrected chi connectivity index (χ3v) is 2.07. The molecule has 0 aromatic carbocycles. The molecule has 0 fully saturated rings. The molecule has 0 aromatic rings. The predicted molar refractivity (Wildman–Crippen MR) is 43.0 cm³/mol. The Morgan fingerprint density at radius 3 is 2.27 bits per heavy atom. The van der Waals surface area contributed by atoms with E-state index in [-0.39, 0.29) is 10.5 Å². The normalized spacial score (nSPS) is 22.4. The average Bonchev–Trinajstić information content (AvgIpc) is 2.14. The molecule has 4 heteroatoms. The summed E-state index contributed by atoms with van der Waals surface area (Å²) in [7, 11) is 3.69. The Kier molecular flexibility index (Phi) is 1.72. The first kappa shape index (κ1) is 8.20. The van der Waals surface area contributed by atoms with Crippen molar-refractivity contribution in [3.8, 4) is 0 Å². The van der Waals surface area contributed by atoms with Crippen LogP contribution in [-0.4, -0.2) is 42.0 Å². The van der Waals surface area contributed by atoms with Crippen molar-refractivity contribution in [3.63, 3.8) is 0 Å². The highest BCUT2D eigenvalue weighted by Crippen LogP contribution is 2.15. The van der Waals surface area contributed by atoms with Gasteiger partial charge in [0.2, 0.25) is 5.84 Å². The minimum atomic E-state index is 0.0463. The van der Waals surface area contributed by atoms with Gasteiger partial charge in [0, 0.05) is 13.5 Å². The van der Waals surface area contributed by atoms with Crippen molar-refractivity contribution in [3.05, 3.63) is 0 Å². The number of amidine groups is 1. The summed E-state index contributed by atoms with van der Waals surface area (Å²) in [6, 6.07) is 0.0463. The second-order valence-corrected chi connectivity index (χ2v) is 3.10. The molecule has 11 heavy (non-hydrogen) atoms. The number of urea groups is 1. The summed E-state index contributed by atoms with van der Waals surface area (Å²) in [4.78, 5) is 11.5. The van der Waals surface area contributed by atoms with Crippen molar-refractivity contribution in [2.75, 3.05) is 20.6 Å². The first-order valence-corrected chi connectivity index (χ1v) is 3.72. The smallest absolute Gasteiger partial charge is 0.205 e. The number of nitrogens with zero attached hydrogens (tertiary/aromatic N) is 3. The van der Waals surface area contributed by atoms with Gasteiger partial charge in [0.25, 0.3) is 0 Å². The molecule has 0 radical (unpaired) electrons. The number of hydrazone groups is 1. The molecular weight excluding hydrogens is 142 g/mol. The van der Waals surface area contributed by atoms with E-state index in [4.69, 9.17) is 0 Å². The lowest BCUT2D eigenvalue weighted by atomic mass is 10.5. The molecule has 2 amide bonds. The molecular formula is C7H14N3O+. The Morgan fingerprint density at radius 2 is 2.09 bits per heavy atom. The van der Waals surface area contributed by atoms with Gasteiger partial charge in [-0.3, -0.25) is 0 Å². The second-order valence-electron chi connectivity index (χ2n) is 3.10. The maximum Gasteiger partial charge on any atom is 0.445 e. The average molecular weight is 156 g/mol. The zero-order valence-corrected chi connectivity index (χ0v) is 7.46. The first-order chi connectivity index (χ1) is 5.00. The molecule has 0 saturated heterocycles. The van der Waals surface area contributed by atoms with E-state index in [9.17, 15) is 4.79 Å². The monoisotopic (exact) mass is 156 g/mol. The van der Waals surface area contributed by atoms with Crippen LogP contribution in [0.15, 0.2) is 5.10 Å². The van der Waals surface area contributed by atoms with Gasteiger partial charge in [0.05, 0.1) is 14.1 Å². The molecule has 0 spiro atoms. The molecule has 0 aliphatic carbocycles. The van der Waals surface area contributed by atoms with Crippen LogP contribution in [0.4, 0.5) is 4.79 Å². The van der Waals surface area contributed by atoms with Gasteiger partial charge in [-0.15, -0.1) is 5.10 Å². The first-order valence-electron chi connectivity index (χ1n) is 3.72. The molecule has 0 saturated carbocycles. The molecule has 1 aliphatic heterocycles. The lowest BCUT2D eigenvalue weighted by Crippen LogP contribution is -2.48. The van der Waals surface area contributed by atoms with Crippen molar-refractivity contribution in [1.82, 2.24) is 5.01 Å². The van der Waals surface area contributed by atoms with Gasteiger partial charge in [-0.2, -0.15) is 9.49 Å². The molecule has 0 atom stereocenters. The van der Waals surface area contributed by atoms with E-state index < -0.39 is 0 Å². The Hall–Kier alpha value is -0.900. The van der Waals surface area contributed by atoms with Crippen LogP contribution in [0.25, 0.3) is 0 Å². The number of amides is 2. The fourth-order valence-corrected chi connectivity index (χ4v) is 0.962. The van der Waals surface area contributed by atoms with E-state index in [1.165, 1.54) is 5.01 Å². The predicted octanol–water partition coefficient (Wildman–Crippen LogP) is 0.852. The van der Waals surface area contributed by atoms with Crippen molar-refractivity contribution in [2.45, 2.75) is 13.8 Å². The highest BCUT2D eigenvalue weighted by atomic mass is 16.2. The summed E-state index contributed by atoms with van der Waals surface area (Å²) in [5.41, 5.74) is 0. The number of carbonyl (C=O) groups excluding carboxylic acids is 1. The topological polar surface area (TPSA) is 32.7 Å². The van der Waals surface area contributed by atoms with Crippen LogP contribution in [0.3, 0.4) is 0 Å². The zero-order valence-electron chi connectivity index (χ0n) is 7.46. The third kappa shape index (κ3) is 1.03. The largest absolute Gasteiger partial charge is 0.445 e. The fourth-order valence-electron chi connectivity index (χ4n) is 0.962. The number of carbonyl (C=O) groups is 1. The Bertz CT molecular complexity index is 220. The van der Waals surface area contributed by atoms with Gasteiger partial charge in [0.15, 0.2) is 0 Å². The standard InChI is InChI=1S/C7H14N3O/c1-5-9-7(11)10(3,4)6(2)8-9/h5H2,1-4H3/q+1. The van der Waals surface area contributed by atoms with Crippen LogP contribution in [-0.2, 0) is 0 Å². The van der Waals surface area contributed by atoms with E-state index >= 15 is 0 Å². The number of rotatable bonds is 1. The van der Waals surface area contributed by atoms with Crippen LogP contribution in [0, 0.1) is 0 Å². The number of quaternary nitrogens is 1. The van der Waals surface area contributed by atoms with Crippen molar-refractivity contribution in [1.29, 1.82) is 0 Å². The van der Waals surface area contributed by atoms with Gasteiger partial charge in [-0.25, -0.2) is 4.79 Å². The molecule has 0 unspecified atom stereocenters. The van der Waals surface area contributed by atoms with Crippen LogP contribution in [0.1, 0.15) is 13.8 Å². The summed E-state index contributed by atoms with van der Waals surface area (Å²) < 4.78 is 0.258. The molecule has 0 bridgehead atoms. The third-order valence-electron chi connectivity index (χ3n) is 2.07. The summed E-state index contributed by atoms with van der Waals surface area (Å²) >= 11 is 0. The van der Waals surface area contributed by atoms with Gasteiger partial charge in [0.1, 0.15) is 0 Å². The van der Waals surface area contributed by atoms with Crippen molar-refractivity contribution >= 4 is 11.9 Å². The summed E-state index contributed by atoms with van der Waals surface area (Å²) in [6.45, 7) is 4.44. The minimum absolute atomic E-state index is 0.0463. The van der Waals surface area contributed by atoms with Gasteiger partial charge >= 0.3 is 6.03 Å².